The number of hydrogen-bond donors (Lipinski definition) is 0. The fraction of sp³-hybridized carbons (Fsp3) is 0. The summed E-state index contributed by atoms with van der Waals surface area (Å²) in [4.78, 5) is 2.37. The molecule has 9 aromatic carbocycles. The molecule has 0 saturated carbocycles. The fourth-order valence-corrected chi connectivity index (χ4v) is 8.06. The molecule has 0 aliphatic heterocycles. The van der Waals surface area contributed by atoms with E-state index in [0.29, 0.717) is 0 Å². The summed E-state index contributed by atoms with van der Waals surface area (Å²) in [7, 11) is 0. The van der Waals surface area contributed by atoms with E-state index in [-0.39, 0.29) is 0 Å². The molecule has 2 nitrogen and oxygen atoms in total. The Kier molecular flexibility index (Phi) is 8.55. The average molecular weight is 716 g/mol. The molecular formula is C54H37NO. The van der Waals surface area contributed by atoms with Crippen molar-refractivity contribution in [3.8, 4) is 55.6 Å². The van der Waals surface area contributed by atoms with Crippen LogP contribution in [-0.4, -0.2) is 0 Å². The SMILES string of the molecule is c1ccc(-c2cccc(-c3ccc(N(c4ccccc4-c4ccccc4-c4ccccc4-c4ccccc4)c4cccc5c4oc4ccccc45)cc3)c2)cc1. The van der Waals surface area contributed by atoms with Crippen LogP contribution < -0.4 is 4.90 Å². The Balaban J connectivity index is 1.16. The van der Waals surface area contributed by atoms with Crippen molar-refractivity contribution in [1.82, 2.24) is 0 Å². The van der Waals surface area contributed by atoms with Gasteiger partial charge < -0.3 is 9.32 Å². The molecule has 2 heteroatoms. The Hall–Kier alpha value is -7.42. The zero-order valence-electron chi connectivity index (χ0n) is 30.7. The van der Waals surface area contributed by atoms with Crippen molar-refractivity contribution in [2.75, 3.05) is 4.90 Å². The van der Waals surface area contributed by atoms with Crippen LogP contribution in [0.25, 0.3) is 77.6 Å². The largest absolute Gasteiger partial charge is 0.454 e. The molecule has 264 valence electrons. The molecule has 10 aromatic rings. The first-order chi connectivity index (χ1) is 27.8. The predicted molar refractivity (Wildman–Crippen MR) is 236 cm³/mol. The molecule has 0 N–H and O–H groups in total. The number of fused-ring (bicyclic) bond motifs is 3. The van der Waals surface area contributed by atoms with Crippen molar-refractivity contribution in [3.05, 3.63) is 224 Å². The van der Waals surface area contributed by atoms with Crippen LogP contribution in [0, 0.1) is 0 Å². The molecule has 0 amide bonds. The van der Waals surface area contributed by atoms with Gasteiger partial charge in [-0.1, -0.05) is 188 Å². The Morgan fingerprint density at radius 1 is 0.286 bits per heavy atom. The van der Waals surface area contributed by atoms with Gasteiger partial charge in [0.1, 0.15) is 5.58 Å². The predicted octanol–water partition coefficient (Wildman–Crippen LogP) is 15.4. The van der Waals surface area contributed by atoms with Gasteiger partial charge in [0.15, 0.2) is 5.58 Å². The van der Waals surface area contributed by atoms with Gasteiger partial charge >= 0.3 is 0 Å². The maximum Gasteiger partial charge on any atom is 0.159 e. The number of anilines is 3. The van der Waals surface area contributed by atoms with E-state index in [4.69, 9.17) is 4.42 Å². The summed E-state index contributed by atoms with van der Waals surface area (Å²) < 4.78 is 6.72. The van der Waals surface area contributed by atoms with Crippen molar-refractivity contribution >= 4 is 39.0 Å². The molecule has 0 radical (unpaired) electrons. The lowest BCUT2D eigenvalue weighted by atomic mass is 9.88. The van der Waals surface area contributed by atoms with Crippen LogP contribution in [0.4, 0.5) is 17.1 Å². The molecule has 0 bridgehead atoms. The van der Waals surface area contributed by atoms with Crippen molar-refractivity contribution in [3.63, 3.8) is 0 Å². The molecule has 0 aliphatic rings. The lowest BCUT2D eigenvalue weighted by Crippen LogP contribution is -2.11. The third kappa shape index (κ3) is 6.04. The maximum absolute atomic E-state index is 6.72. The molecular weight excluding hydrogens is 679 g/mol. The lowest BCUT2D eigenvalue weighted by molar-refractivity contribution is 0.669. The molecule has 0 atom stereocenters. The van der Waals surface area contributed by atoms with Gasteiger partial charge in [-0.3, -0.25) is 0 Å². The zero-order chi connectivity index (χ0) is 37.3. The van der Waals surface area contributed by atoms with Gasteiger partial charge in [0, 0.05) is 22.0 Å². The summed E-state index contributed by atoms with van der Waals surface area (Å²) in [6.07, 6.45) is 0. The third-order valence-electron chi connectivity index (χ3n) is 10.7. The van der Waals surface area contributed by atoms with Gasteiger partial charge in [-0.25, -0.2) is 0 Å². The Morgan fingerprint density at radius 3 is 1.46 bits per heavy atom. The highest BCUT2D eigenvalue weighted by molar-refractivity contribution is 6.11. The highest BCUT2D eigenvalue weighted by atomic mass is 16.3. The van der Waals surface area contributed by atoms with Crippen molar-refractivity contribution < 1.29 is 4.42 Å². The molecule has 10 rings (SSSR count). The summed E-state index contributed by atoms with van der Waals surface area (Å²) in [6, 6.07) is 80.0. The number of benzene rings is 9. The molecule has 0 aliphatic carbocycles. The van der Waals surface area contributed by atoms with E-state index in [2.05, 4.69) is 223 Å². The first kappa shape index (κ1) is 33.2. The van der Waals surface area contributed by atoms with Gasteiger partial charge in [0.25, 0.3) is 0 Å². The van der Waals surface area contributed by atoms with Gasteiger partial charge in [0.2, 0.25) is 0 Å². The van der Waals surface area contributed by atoms with Crippen LogP contribution in [0.1, 0.15) is 0 Å². The smallest absolute Gasteiger partial charge is 0.159 e. The fourth-order valence-electron chi connectivity index (χ4n) is 8.06. The minimum Gasteiger partial charge on any atom is -0.454 e. The monoisotopic (exact) mass is 715 g/mol. The van der Waals surface area contributed by atoms with Crippen molar-refractivity contribution in [2.45, 2.75) is 0 Å². The summed E-state index contributed by atoms with van der Waals surface area (Å²) in [6.45, 7) is 0. The first-order valence-corrected chi connectivity index (χ1v) is 19.1. The second kappa shape index (κ2) is 14.4. The quantitative estimate of drug-likeness (QED) is 0.156. The van der Waals surface area contributed by atoms with Crippen LogP contribution in [0.3, 0.4) is 0 Å². The van der Waals surface area contributed by atoms with Crippen LogP contribution in [0.15, 0.2) is 229 Å². The molecule has 1 aromatic heterocycles. The van der Waals surface area contributed by atoms with Gasteiger partial charge in [0.05, 0.1) is 11.4 Å². The standard InChI is InChI=1S/C54H37NO/c1-3-17-38(18-4-1)41-21-15-22-42(37-41)39-33-35-43(36-34-39)55(52-31-16-29-50-49-28-12-14-32-53(49)56-54(50)52)51-30-13-11-27-48(51)47-26-10-9-25-46(47)45-24-8-7-23-44(45)40-19-5-2-6-20-40/h1-37H. The highest BCUT2D eigenvalue weighted by Crippen LogP contribution is 2.48. The number of para-hydroxylation sites is 3. The molecule has 0 spiro atoms. The topological polar surface area (TPSA) is 16.4 Å². The molecule has 0 saturated heterocycles. The maximum atomic E-state index is 6.72. The minimum atomic E-state index is 0.853. The minimum absolute atomic E-state index is 0.853. The van der Waals surface area contributed by atoms with E-state index in [9.17, 15) is 0 Å². The second-order valence-corrected chi connectivity index (χ2v) is 14.1. The molecule has 0 fully saturated rings. The van der Waals surface area contributed by atoms with Gasteiger partial charge in [-0.2, -0.15) is 0 Å². The van der Waals surface area contributed by atoms with Gasteiger partial charge in [-0.15, -0.1) is 0 Å². The van der Waals surface area contributed by atoms with E-state index in [0.717, 1.165) is 55.7 Å². The normalized spacial score (nSPS) is 11.2. The highest BCUT2D eigenvalue weighted by Gasteiger charge is 2.23. The summed E-state index contributed by atoms with van der Waals surface area (Å²) >= 11 is 0. The summed E-state index contributed by atoms with van der Waals surface area (Å²) in [5, 5.41) is 2.20. The van der Waals surface area contributed by atoms with Crippen LogP contribution in [-0.2, 0) is 0 Å². The first-order valence-electron chi connectivity index (χ1n) is 19.1. The van der Waals surface area contributed by atoms with Crippen LogP contribution in [0.2, 0.25) is 0 Å². The van der Waals surface area contributed by atoms with E-state index >= 15 is 0 Å². The summed E-state index contributed by atoms with van der Waals surface area (Å²) in [5.41, 5.74) is 16.6. The summed E-state index contributed by atoms with van der Waals surface area (Å²) in [5.74, 6) is 0. The number of rotatable bonds is 8. The Bertz CT molecular complexity index is 2960. The van der Waals surface area contributed by atoms with Crippen molar-refractivity contribution in [2.24, 2.45) is 0 Å². The van der Waals surface area contributed by atoms with Crippen LogP contribution in [0.5, 0.6) is 0 Å². The molecule has 1 heterocycles. The Labute approximate surface area is 327 Å². The average Bonchev–Trinajstić information content (AvgIpc) is 3.67. The van der Waals surface area contributed by atoms with E-state index in [1.807, 2.05) is 6.07 Å². The zero-order valence-corrected chi connectivity index (χ0v) is 30.7. The van der Waals surface area contributed by atoms with E-state index < -0.39 is 0 Å². The second-order valence-electron chi connectivity index (χ2n) is 14.1. The van der Waals surface area contributed by atoms with Gasteiger partial charge in [-0.05, 0) is 86.5 Å². The van der Waals surface area contributed by atoms with Crippen LogP contribution >= 0.6 is 0 Å². The third-order valence-corrected chi connectivity index (χ3v) is 10.7. The number of furan rings is 1. The number of hydrogen-bond acceptors (Lipinski definition) is 2. The van der Waals surface area contributed by atoms with Crippen molar-refractivity contribution in [1.29, 1.82) is 0 Å². The molecule has 0 unspecified atom stereocenters. The molecule has 56 heavy (non-hydrogen) atoms. The van der Waals surface area contributed by atoms with E-state index in [1.165, 1.54) is 38.9 Å². The number of nitrogens with zero attached hydrogens (tertiary/aromatic N) is 1. The van der Waals surface area contributed by atoms with E-state index in [1.54, 1.807) is 0 Å². The lowest BCUT2D eigenvalue weighted by Gasteiger charge is -2.28. The Morgan fingerprint density at radius 2 is 0.750 bits per heavy atom.